The predicted molar refractivity (Wildman–Crippen MR) is 54.5 cm³/mol. The summed E-state index contributed by atoms with van der Waals surface area (Å²) in [5.41, 5.74) is 2.31. The molecule has 0 spiro atoms. The fourth-order valence-electron chi connectivity index (χ4n) is 0.884. The molecule has 0 aromatic carbocycles. The minimum Gasteiger partial charge on any atom is -0.342 e. The molecule has 4 nitrogen and oxygen atoms in total. The van der Waals surface area contributed by atoms with E-state index in [4.69, 9.17) is 0 Å². The Morgan fingerprint density at radius 2 is 2.21 bits per heavy atom. The fraction of sp³-hybridized carbons (Fsp3) is 0.444. The normalized spacial score (nSPS) is 12.2. The molecule has 1 atom stereocenters. The molecule has 0 bridgehead atoms. The van der Waals surface area contributed by atoms with Gasteiger partial charge in [0.1, 0.15) is 4.88 Å². The van der Waals surface area contributed by atoms with Gasteiger partial charge >= 0.3 is 0 Å². The average molecular weight is 212 g/mol. The van der Waals surface area contributed by atoms with Crippen molar-refractivity contribution >= 4 is 23.0 Å². The molecular formula is C9H12N2O2S. The number of carbonyl (C=O) groups excluding carboxylic acids is 2. The standard InChI is InChI=1S/C9H12N2O2S/c1-5(7(3)12)11-9(13)8-6(2)10-4-14-8/h4-5H,1-3H3,(H,11,13). The van der Waals surface area contributed by atoms with Gasteiger partial charge in [-0.25, -0.2) is 4.98 Å². The van der Waals surface area contributed by atoms with Gasteiger partial charge in [0.05, 0.1) is 17.2 Å². The molecule has 1 unspecified atom stereocenters. The number of rotatable bonds is 3. The first-order valence-electron chi connectivity index (χ1n) is 4.23. The molecule has 0 aliphatic carbocycles. The van der Waals surface area contributed by atoms with Gasteiger partial charge in [0.2, 0.25) is 0 Å². The van der Waals surface area contributed by atoms with Crippen molar-refractivity contribution in [2.45, 2.75) is 26.8 Å². The van der Waals surface area contributed by atoms with Gasteiger partial charge in [0.25, 0.3) is 5.91 Å². The molecule has 5 heteroatoms. The van der Waals surface area contributed by atoms with Crippen LogP contribution in [0.3, 0.4) is 0 Å². The van der Waals surface area contributed by atoms with Crippen LogP contribution >= 0.6 is 11.3 Å². The number of ketones is 1. The van der Waals surface area contributed by atoms with E-state index < -0.39 is 6.04 Å². The molecule has 1 amide bonds. The van der Waals surface area contributed by atoms with Crippen LogP contribution in [0.1, 0.15) is 29.2 Å². The molecule has 0 fully saturated rings. The molecule has 1 aromatic heterocycles. The van der Waals surface area contributed by atoms with Crippen LogP contribution in [0.25, 0.3) is 0 Å². The Kier molecular flexibility index (Phi) is 3.35. The maximum absolute atomic E-state index is 11.5. The molecule has 0 saturated carbocycles. The van der Waals surface area contributed by atoms with Gasteiger partial charge in [-0.3, -0.25) is 9.59 Å². The second-order valence-electron chi connectivity index (χ2n) is 3.07. The first-order chi connectivity index (χ1) is 6.52. The van der Waals surface area contributed by atoms with Gasteiger partial charge in [0, 0.05) is 0 Å². The number of thiazole rings is 1. The summed E-state index contributed by atoms with van der Waals surface area (Å²) in [7, 11) is 0. The van der Waals surface area contributed by atoms with Gasteiger partial charge < -0.3 is 5.32 Å². The highest BCUT2D eigenvalue weighted by atomic mass is 32.1. The summed E-state index contributed by atoms with van der Waals surface area (Å²) in [6.45, 7) is 4.88. The zero-order valence-electron chi connectivity index (χ0n) is 8.33. The number of amides is 1. The zero-order chi connectivity index (χ0) is 10.7. The van der Waals surface area contributed by atoms with Crippen LogP contribution in [-0.4, -0.2) is 22.7 Å². The molecule has 1 rings (SSSR count). The van der Waals surface area contributed by atoms with Gasteiger partial charge in [-0.15, -0.1) is 11.3 Å². The Hall–Kier alpha value is -1.23. The Labute approximate surface area is 86.4 Å². The summed E-state index contributed by atoms with van der Waals surface area (Å²) < 4.78 is 0. The van der Waals surface area contributed by atoms with E-state index in [2.05, 4.69) is 10.3 Å². The van der Waals surface area contributed by atoms with Crippen LogP contribution in [0.5, 0.6) is 0 Å². The number of hydrogen-bond acceptors (Lipinski definition) is 4. The Morgan fingerprint density at radius 3 is 2.64 bits per heavy atom. The summed E-state index contributed by atoms with van der Waals surface area (Å²) in [6.07, 6.45) is 0. The van der Waals surface area contributed by atoms with Crippen molar-refractivity contribution in [1.82, 2.24) is 10.3 Å². The van der Waals surface area contributed by atoms with Crippen molar-refractivity contribution in [3.63, 3.8) is 0 Å². The van der Waals surface area contributed by atoms with Crippen LogP contribution in [0.15, 0.2) is 5.51 Å². The van der Waals surface area contributed by atoms with Crippen LogP contribution in [-0.2, 0) is 4.79 Å². The molecular weight excluding hydrogens is 200 g/mol. The van der Waals surface area contributed by atoms with Crippen LogP contribution in [0.2, 0.25) is 0 Å². The monoisotopic (exact) mass is 212 g/mol. The van der Waals surface area contributed by atoms with E-state index in [-0.39, 0.29) is 11.7 Å². The van der Waals surface area contributed by atoms with E-state index in [0.29, 0.717) is 10.6 Å². The third kappa shape index (κ3) is 2.38. The van der Waals surface area contributed by atoms with Crippen molar-refractivity contribution < 1.29 is 9.59 Å². The highest BCUT2D eigenvalue weighted by molar-refractivity contribution is 7.11. The van der Waals surface area contributed by atoms with E-state index in [1.54, 1.807) is 19.4 Å². The van der Waals surface area contributed by atoms with E-state index in [1.807, 2.05) is 0 Å². The van der Waals surface area contributed by atoms with Crippen molar-refractivity contribution in [2.24, 2.45) is 0 Å². The quantitative estimate of drug-likeness (QED) is 0.817. The van der Waals surface area contributed by atoms with E-state index in [9.17, 15) is 9.59 Å². The topological polar surface area (TPSA) is 59.1 Å². The summed E-state index contributed by atoms with van der Waals surface area (Å²) in [4.78, 5) is 27.0. The second kappa shape index (κ2) is 4.32. The largest absolute Gasteiger partial charge is 0.342 e. The lowest BCUT2D eigenvalue weighted by Crippen LogP contribution is -2.37. The van der Waals surface area contributed by atoms with E-state index in [1.165, 1.54) is 18.3 Å². The van der Waals surface area contributed by atoms with Crippen molar-refractivity contribution in [3.05, 3.63) is 16.1 Å². The molecule has 0 saturated heterocycles. The lowest BCUT2D eigenvalue weighted by Gasteiger charge is -2.09. The summed E-state index contributed by atoms with van der Waals surface area (Å²) >= 11 is 1.28. The van der Waals surface area contributed by atoms with Gasteiger partial charge in [0.15, 0.2) is 5.78 Å². The molecule has 1 N–H and O–H groups in total. The maximum atomic E-state index is 11.5. The Morgan fingerprint density at radius 1 is 1.57 bits per heavy atom. The first-order valence-corrected chi connectivity index (χ1v) is 5.11. The van der Waals surface area contributed by atoms with E-state index in [0.717, 1.165) is 0 Å². The Bertz CT molecular complexity index is 359. The van der Waals surface area contributed by atoms with Crippen molar-refractivity contribution in [1.29, 1.82) is 0 Å². The molecule has 1 heterocycles. The lowest BCUT2D eigenvalue weighted by molar-refractivity contribution is -0.118. The predicted octanol–water partition coefficient (Wildman–Crippen LogP) is 1.16. The van der Waals surface area contributed by atoms with Gasteiger partial charge in [-0.2, -0.15) is 0 Å². The number of nitrogens with one attached hydrogen (secondary N) is 1. The number of nitrogens with zero attached hydrogens (tertiary/aromatic N) is 1. The highest BCUT2D eigenvalue weighted by Gasteiger charge is 2.15. The summed E-state index contributed by atoms with van der Waals surface area (Å²) in [5, 5.41) is 2.60. The molecule has 0 aliphatic rings. The average Bonchev–Trinajstić information content (AvgIpc) is 2.51. The smallest absolute Gasteiger partial charge is 0.263 e. The molecule has 0 radical (unpaired) electrons. The van der Waals surface area contributed by atoms with Crippen LogP contribution in [0, 0.1) is 6.92 Å². The molecule has 14 heavy (non-hydrogen) atoms. The van der Waals surface area contributed by atoms with E-state index >= 15 is 0 Å². The third-order valence-electron chi connectivity index (χ3n) is 1.91. The molecule has 76 valence electrons. The Balaban J connectivity index is 2.69. The minimum absolute atomic E-state index is 0.0551. The minimum atomic E-state index is -0.441. The number of hydrogen-bond donors (Lipinski definition) is 1. The lowest BCUT2D eigenvalue weighted by atomic mass is 10.2. The number of carbonyl (C=O) groups is 2. The molecule has 0 aliphatic heterocycles. The maximum Gasteiger partial charge on any atom is 0.263 e. The first kappa shape index (κ1) is 10.8. The highest BCUT2D eigenvalue weighted by Crippen LogP contribution is 2.11. The van der Waals surface area contributed by atoms with Crippen LogP contribution in [0.4, 0.5) is 0 Å². The second-order valence-corrected chi connectivity index (χ2v) is 3.93. The summed E-state index contributed by atoms with van der Waals surface area (Å²) in [6, 6.07) is -0.441. The van der Waals surface area contributed by atoms with Gasteiger partial charge in [-0.05, 0) is 20.8 Å². The number of Topliss-reactive ketones (excluding diaryl/α,β-unsaturated/α-hetero) is 1. The zero-order valence-corrected chi connectivity index (χ0v) is 9.14. The third-order valence-corrected chi connectivity index (χ3v) is 2.84. The van der Waals surface area contributed by atoms with Gasteiger partial charge in [-0.1, -0.05) is 0 Å². The van der Waals surface area contributed by atoms with Crippen molar-refractivity contribution in [3.8, 4) is 0 Å². The number of aromatic nitrogens is 1. The SMILES string of the molecule is CC(=O)C(C)NC(=O)c1scnc1C. The summed E-state index contributed by atoms with van der Waals surface area (Å²) in [5.74, 6) is -0.284. The molecule has 1 aromatic rings. The van der Waals surface area contributed by atoms with Crippen molar-refractivity contribution in [2.75, 3.05) is 0 Å². The van der Waals surface area contributed by atoms with Crippen LogP contribution < -0.4 is 5.32 Å². The fourth-order valence-corrected chi connectivity index (χ4v) is 1.59. The number of aryl methyl sites for hydroxylation is 1.